The van der Waals surface area contributed by atoms with E-state index in [2.05, 4.69) is 41.6 Å². The fourth-order valence-corrected chi connectivity index (χ4v) is 1.79. The number of guanidine groups is 1. The van der Waals surface area contributed by atoms with Crippen molar-refractivity contribution in [3.63, 3.8) is 0 Å². The maximum atomic E-state index is 11.4. The van der Waals surface area contributed by atoms with Crippen LogP contribution >= 0.6 is 24.0 Å². The minimum atomic E-state index is 0. The highest BCUT2D eigenvalue weighted by atomic mass is 127. The molecule has 0 aliphatic heterocycles. The molecule has 6 heteroatoms. The molecule has 124 valence electrons. The van der Waals surface area contributed by atoms with Crippen molar-refractivity contribution in [2.45, 2.75) is 39.5 Å². The number of nitrogens with one attached hydrogen (secondary N) is 2. The van der Waals surface area contributed by atoms with Crippen LogP contribution in [-0.2, 0) is 4.79 Å². The van der Waals surface area contributed by atoms with Gasteiger partial charge in [0.1, 0.15) is 0 Å². The summed E-state index contributed by atoms with van der Waals surface area (Å²) in [5.41, 5.74) is 7.98. The molecule has 0 fully saturated rings. The number of rotatable bonds is 7. The molecular weight excluding hydrogens is 391 g/mol. The van der Waals surface area contributed by atoms with E-state index in [-0.39, 0.29) is 29.9 Å². The van der Waals surface area contributed by atoms with E-state index in [1.807, 2.05) is 19.1 Å². The molecule has 0 saturated carbocycles. The van der Waals surface area contributed by atoms with E-state index in [9.17, 15) is 4.79 Å². The molecule has 0 aliphatic rings. The average Bonchev–Trinajstić information content (AvgIpc) is 2.45. The zero-order valence-electron chi connectivity index (χ0n) is 13.6. The molecule has 0 atom stereocenters. The average molecular weight is 418 g/mol. The molecule has 1 amide bonds. The van der Waals surface area contributed by atoms with Gasteiger partial charge >= 0.3 is 0 Å². The number of amides is 1. The van der Waals surface area contributed by atoms with Gasteiger partial charge in [-0.2, -0.15) is 0 Å². The highest BCUT2D eigenvalue weighted by Crippen LogP contribution is 2.18. The summed E-state index contributed by atoms with van der Waals surface area (Å²) in [5.74, 6) is 0.807. The Morgan fingerprint density at radius 2 is 2.09 bits per heavy atom. The Bertz CT molecular complexity index is 489. The number of nitrogens with two attached hydrogens (primary N) is 1. The minimum Gasteiger partial charge on any atom is -0.370 e. The van der Waals surface area contributed by atoms with E-state index in [0.29, 0.717) is 31.4 Å². The highest BCUT2D eigenvalue weighted by molar-refractivity contribution is 14.0. The van der Waals surface area contributed by atoms with E-state index in [1.165, 1.54) is 5.56 Å². The molecular formula is C16H27IN4O. The van der Waals surface area contributed by atoms with E-state index < -0.39 is 0 Å². The van der Waals surface area contributed by atoms with Crippen molar-refractivity contribution in [1.82, 2.24) is 5.32 Å². The van der Waals surface area contributed by atoms with E-state index in [1.54, 1.807) is 0 Å². The van der Waals surface area contributed by atoms with Crippen LogP contribution in [0.2, 0.25) is 0 Å². The maximum Gasteiger partial charge on any atom is 0.221 e. The van der Waals surface area contributed by atoms with Gasteiger partial charge in [-0.1, -0.05) is 32.9 Å². The summed E-state index contributed by atoms with van der Waals surface area (Å²) in [5, 5.41) is 5.86. The third-order valence-electron chi connectivity index (χ3n) is 3.02. The number of benzene rings is 1. The lowest BCUT2D eigenvalue weighted by atomic mass is 10.0. The second-order valence-corrected chi connectivity index (χ2v) is 5.27. The van der Waals surface area contributed by atoms with Gasteiger partial charge in [0.15, 0.2) is 5.96 Å². The van der Waals surface area contributed by atoms with Crippen LogP contribution in [0.5, 0.6) is 0 Å². The second kappa shape index (κ2) is 11.3. The van der Waals surface area contributed by atoms with Crippen LogP contribution in [0.15, 0.2) is 29.3 Å². The summed E-state index contributed by atoms with van der Waals surface area (Å²) < 4.78 is 0. The molecule has 4 N–H and O–H groups in total. The van der Waals surface area contributed by atoms with Gasteiger partial charge < -0.3 is 16.4 Å². The molecule has 0 radical (unpaired) electrons. The van der Waals surface area contributed by atoms with Crippen molar-refractivity contribution in [2.24, 2.45) is 10.7 Å². The van der Waals surface area contributed by atoms with Gasteiger partial charge in [-0.25, -0.2) is 0 Å². The SMILES string of the molecule is CCCNC(=O)CCN=C(N)Nc1cccc(C(C)C)c1.I. The first-order valence-electron chi connectivity index (χ1n) is 7.46. The van der Waals surface area contributed by atoms with Crippen molar-refractivity contribution in [3.05, 3.63) is 29.8 Å². The number of aliphatic imine (C=N–C) groups is 1. The smallest absolute Gasteiger partial charge is 0.221 e. The number of anilines is 1. The predicted molar refractivity (Wildman–Crippen MR) is 104 cm³/mol. The number of hydrogen-bond acceptors (Lipinski definition) is 2. The molecule has 0 heterocycles. The molecule has 1 aromatic carbocycles. The summed E-state index contributed by atoms with van der Waals surface area (Å²) in [7, 11) is 0. The van der Waals surface area contributed by atoms with E-state index in [0.717, 1.165) is 12.1 Å². The normalized spacial score (nSPS) is 11.0. The Morgan fingerprint density at radius 3 is 2.73 bits per heavy atom. The summed E-state index contributed by atoms with van der Waals surface area (Å²) in [4.78, 5) is 15.6. The quantitative estimate of drug-likeness (QED) is 0.362. The van der Waals surface area contributed by atoms with Crippen LogP contribution < -0.4 is 16.4 Å². The van der Waals surface area contributed by atoms with Gasteiger partial charge in [0.25, 0.3) is 0 Å². The lowest BCUT2D eigenvalue weighted by molar-refractivity contribution is -0.120. The lowest BCUT2D eigenvalue weighted by Gasteiger charge is -2.10. The molecule has 0 bridgehead atoms. The number of carbonyl (C=O) groups is 1. The maximum absolute atomic E-state index is 11.4. The fourth-order valence-electron chi connectivity index (χ4n) is 1.79. The zero-order valence-corrected chi connectivity index (χ0v) is 15.9. The Labute approximate surface area is 150 Å². The number of nitrogens with zero attached hydrogens (tertiary/aromatic N) is 1. The number of halogens is 1. The van der Waals surface area contributed by atoms with Gasteiger partial charge in [-0.05, 0) is 30.0 Å². The Morgan fingerprint density at radius 1 is 1.36 bits per heavy atom. The Hall–Kier alpha value is -1.31. The van der Waals surface area contributed by atoms with Gasteiger partial charge in [0, 0.05) is 18.7 Å². The molecule has 0 spiro atoms. The van der Waals surface area contributed by atoms with Crippen molar-refractivity contribution in [2.75, 3.05) is 18.4 Å². The Balaban J connectivity index is 0.00000441. The van der Waals surface area contributed by atoms with Gasteiger partial charge in [-0.3, -0.25) is 9.79 Å². The van der Waals surface area contributed by atoms with Gasteiger partial charge in [-0.15, -0.1) is 24.0 Å². The van der Waals surface area contributed by atoms with Crippen molar-refractivity contribution in [1.29, 1.82) is 0 Å². The molecule has 1 aromatic rings. The minimum absolute atomic E-state index is 0. The number of hydrogen-bond donors (Lipinski definition) is 3. The number of carbonyl (C=O) groups excluding carboxylic acids is 1. The molecule has 1 rings (SSSR count). The molecule has 22 heavy (non-hydrogen) atoms. The summed E-state index contributed by atoms with van der Waals surface area (Å²) in [6, 6.07) is 8.08. The first-order valence-corrected chi connectivity index (χ1v) is 7.46. The molecule has 0 unspecified atom stereocenters. The van der Waals surface area contributed by atoms with Crippen LogP contribution in [0, 0.1) is 0 Å². The summed E-state index contributed by atoms with van der Waals surface area (Å²) in [6.45, 7) is 7.40. The van der Waals surface area contributed by atoms with E-state index in [4.69, 9.17) is 5.73 Å². The fraction of sp³-hybridized carbons (Fsp3) is 0.500. The largest absolute Gasteiger partial charge is 0.370 e. The van der Waals surface area contributed by atoms with Crippen LogP contribution in [0.4, 0.5) is 5.69 Å². The third-order valence-corrected chi connectivity index (χ3v) is 3.02. The van der Waals surface area contributed by atoms with Crippen LogP contribution in [0.3, 0.4) is 0 Å². The molecule has 0 aliphatic carbocycles. The first kappa shape index (κ1) is 20.7. The van der Waals surface area contributed by atoms with Gasteiger partial charge in [0.2, 0.25) is 5.91 Å². The summed E-state index contributed by atoms with van der Waals surface area (Å²) in [6.07, 6.45) is 1.29. The van der Waals surface area contributed by atoms with Crippen molar-refractivity contribution < 1.29 is 4.79 Å². The highest BCUT2D eigenvalue weighted by Gasteiger charge is 2.02. The van der Waals surface area contributed by atoms with Crippen LogP contribution in [0.1, 0.15) is 45.1 Å². The zero-order chi connectivity index (χ0) is 15.7. The lowest BCUT2D eigenvalue weighted by Crippen LogP contribution is -2.26. The second-order valence-electron chi connectivity index (χ2n) is 5.27. The first-order chi connectivity index (χ1) is 10.0. The predicted octanol–water partition coefficient (Wildman–Crippen LogP) is 3.07. The van der Waals surface area contributed by atoms with Crippen molar-refractivity contribution in [3.8, 4) is 0 Å². The Kier molecular flexibility index (Phi) is 10.6. The molecule has 0 aromatic heterocycles. The van der Waals surface area contributed by atoms with Crippen LogP contribution in [-0.4, -0.2) is 25.0 Å². The van der Waals surface area contributed by atoms with Gasteiger partial charge in [0.05, 0.1) is 6.54 Å². The third kappa shape index (κ3) is 8.21. The topological polar surface area (TPSA) is 79.5 Å². The molecule has 5 nitrogen and oxygen atoms in total. The van der Waals surface area contributed by atoms with E-state index >= 15 is 0 Å². The molecule has 0 saturated heterocycles. The standard InChI is InChI=1S/C16H26N4O.HI/c1-4-9-18-15(21)8-10-19-16(17)20-14-7-5-6-13(11-14)12(2)3;/h5-7,11-12H,4,8-10H2,1-3H3,(H,18,21)(H3,17,19,20);1H. The monoisotopic (exact) mass is 418 g/mol. The van der Waals surface area contributed by atoms with Crippen LogP contribution in [0.25, 0.3) is 0 Å². The summed E-state index contributed by atoms with van der Waals surface area (Å²) >= 11 is 0. The van der Waals surface area contributed by atoms with Crippen molar-refractivity contribution >= 4 is 41.5 Å².